The van der Waals surface area contributed by atoms with E-state index in [1.807, 2.05) is 0 Å². The maximum Gasteiger partial charge on any atom is 0.573 e. The zero-order chi connectivity index (χ0) is 19.5. The van der Waals surface area contributed by atoms with E-state index in [1.54, 1.807) is 6.92 Å². The summed E-state index contributed by atoms with van der Waals surface area (Å²) in [5.41, 5.74) is 6.19. The number of carboxylic acid groups (broad SMARTS) is 1. The minimum atomic E-state index is -5.01. The Kier molecular flexibility index (Phi) is 5.44. The van der Waals surface area contributed by atoms with Gasteiger partial charge in [0.25, 0.3) is 0 Å². The number of halogens is 4. The minimum absolute atomic E-state index is 0.0926. The lowest BCUT2D eigenvalue weighted by Crippen LogP contribution is -2.18. The number of carboxylic acids is 1. The molecule has 3 N–H and O–H groups in total. The van der Waals surface area contributed by atoms with Crippen LogP contribution < -0.4 is 10.5 Å². The van der Waals surface area contributed by atoms with Crippen molar-refractivity contribution in [2.45, 2.75) is 19.7 Å². The summed E-state index contributed by atoms with van der Waals surface area (Å²) in [4.78, 5) is 19.0. The Morgan fingerprint density at radius 1 is 1.38 bits per heavy atom. The van der Waals surface area contributed by atoms with E-state index in [-0.39, 0.29) is 17.8 Å². The highest BCUT2D eigenvalue weighted by molar-refractivity contribution is 6.13. The lowest BCUT2D eigenvalue weighted by atomic mass is 10.0. The van der Waals surface area contributed by atoms with E-state index in [0.29, 0.717) is 16.8 Å². The molecule has 0 bridgehead atoms. The Hall–Kier alpha value is -3.17. The number of benzene rings is 1. The van der Waals surface area contributed by atoms with Crippen molar-refractivity contribution in [2.75, 3.05) is 0 Å². The monoisotopic (exact) mass is 371 g/mol. The fraction of sp³-hybridized carbons (Fsp3) is 0.188. The van der Waals surface area contributed by atoms with Crippen LogP contribution in [0.25, 0.3) is 5.57 Å². The maximum absolute atomic E-state index is 13.5. The van der Waals surface area contributed by atoms with Crippen molar-refractivity contribution in [1.29, 1.82) is 0 Å². The van der Waals surface area contributed by atoms with Gasteiger partial charge in [-0.3, -0.25) is 0 Å². The second kappa shape index (κ2) is 7.38. The normalized spacial score (nSPS) is 12.1. The van der Waals surface area contributed by atoms with Crippen LogP contribution in [0.1, 0.15) is 22.6 Å². The summed E-state index contributed by atoms with van der Waals surface area (Å²) in [5.74, 6) is -3.48. The average molecular weight is 371 g/mol. The third kappa shape index (κ3) is 4.68. The van der Waals surface area contributed by atoms with E-state index >= 15 is 0 Å². The summed E-state index contributed by atoms with van der Waals surface area (Å²) < 4.78 is 54.0. The Labute approximate surface area is 144 Å². The molecule has 1 aromatic carbocycles. The number of alkyl halides is 3. The van der Waals surface area contributed by atoms with E-state index in [4.69, 9.17) is 10.8 Å². The minimum Gasteiger partial charge on any atom is -0.477 e. The zero-order valence-electron chi connectivity index (χ0n) is 13.3. The van der Waals surface area contributed by atoms with Crippen LogP contribution in [0.15, 0.2) is 30.6 Å². The second-order valence-electron chi connectivity index (χ2n) is 5.18. The van der Waals surface area contributed by atoms with Crippen LogP contribution in [0, 0.1) is 12.7 Å². The molecule has 2 rings (SSSR count). The van der Waals surface area contributed by atoms with Crippen LogP contribution in [-0.2, 0) is 11.2 Å². The van der Waals surface area contributed by atoms with Gasteiger partial charge in [0.2, 0.25) is 0 Å². The number of aliphatic carboxylic acids is 1. The number of hydrogen-bond acceptors (Lipinski definition) is 5. The van der Waals surface area contributed by atoms with Crippen molar-refractivity contribution in [3.63, 3.8) is 0 Å². The van der Waals surface area contributed by atoms with Gasteiger partial charge in [-0.2, -0.15) is 0 Å². The van der Waals surface area contributed by atoms with Gasteiger partial charge < -0.3 is 15.6 Å². The van der Waals surface area contributed by atoms with E-state index in [1.165, 1.54) is 12.3 Å². The summed E-state index contributed by atoms with van der Waals surface area (Å²) in [6.45, 7) is 1.58. The molecule has 10 heteroatoms. The highest BCUT2D eigenvalue weighted by Crippen LogP contribution is 2.27. The van der Waals surface area contributed by atoms with Gasteiger partial charge in [0, 0.05) is 24.5 Å². The third-order valence-electron chi connectivity index (χ3n) is 3.33. The number of ether oxygens (including phenoxy) is 1. The first-order valence-electron chi connectivity index (χ1n) is 7.13. The molecule has 1 aromatic heterocycles. The number of aryl methyl sites for hydroxylation is 1. The van der Waals surface area contributed by atoms with Gasteiger partial charge in [-0.05, 0) is 30.2 Å². The van der Waals surface area contributed by atoms with Gasteiger partial charge in [0.05, 0.1) is 0 Å². The molecule has 6 nitrogen and oxygen atoms in total. The molecule has 0 atom stereocenters. The zero-order valence-corrected chi connectivity index (χ0v) is 13.3. The molecule has 0 saturated heterocycles. The van der Waals surface area contributed by atoms with E-state index in [0.717, 1.165) is 18.3 Å². The molecular weight excluding hydrogens is 358 g/mol. The first-order valence-corrected chi connectivity index (χ1v) is 7.13. The summed E-state index contributed by atoms with van der Waals surface area (Å²) in [6.07, 6.45) is -2.73. The first-order chi connectivity index (χ1) is 12.1. The lowest BCUT2D eigenvalue weighted by molar-refractivity contribution is -0.275. The topological polar surface area (TPSA) is 98.3 Å². The van der Waals surface area contributed by atoms with Crippen molar-refractivity contribution in [1.82, 2.24) is 9.97 Å². The predicted octanol–water partition coefficient (Wildman–Crippen LogP) is 2.80. The average Bonchev–Trinajstić information content (AvgIpc) is 2.52. The van der Waals surface area contributed by atoms with Gasteiger partial charge in [-0.25, -0.2) is 19.2 Å². The molecular formula is C16H13F4N3O3. The van der Waals surface area contributed by atoms with Crippen LogP contribution in [0.2, 0.25) is 0 Å². The third-order valence-corrected chi connectivity index (χ3v) is 3.33. The molecule has 0 saturated carbocycles. The van der Waals surface area contributed by atoms with Crippen molar-refractivity contribution in [3.8, 4) is 5.75 Å². The van der Waals surface area contributed by atoms with Crippen molar-refractivity contribution in [2.24, 2.45) is 5.73 Å². The summed E-state index contributed by atoms with van der Waals surface area (Å²) in [5, 5.41) is 9.00. The van der Waals surface area contributed by atoms with Gasteiger partial charge in [0.1, 0.15) is 5.57 Å². The highest BCUT2D eigenvalue weighted by Gasteiger charge is 2.32. The van der Waals surface area contributed by atoms with Gasteiger partial charge in [0.15, 0.2) is 17.4 Å². The van der Waals surface area contributed by atoms with Crippen molar-refractivity contribution >= 4 is 11.5 Å². The molecule has 26 heavy (non-hydrogen) atoms. The maximum atomic E-state index is 13.5. The quantitative estimate of drug-likeness (QED) is 0.620. The number of nitrogens with two attached hydrogens (primary N) is 1. The number of nitrogens with zero attached hydrogens (tertiary/aromatic N) is 2. The molecule has 2 aromatic rings. The second-order valence-corrected chi connectivity index (χ2v) is 5.18. The molecule has 0 aliphatic carbocycles. The fourth-order valence-electron chi connectivity index (χ4n) is 2.12. The number of hydrogen-bond donors (Lipinski definition) is 2. The number of aromatic nitrogens is 2. The molecule has 0 fully saturated rings. The van der Waals surface area contributed by atoms with Crippen LogP contribution in [-0.4, -0.2) is 27.4 Å². The molecule has 0 aliphatic rings. The molecule has 1 heterocycles. The van der Waals surface area contributed by atoms with Crippen LogP contribution >= 0.6 is 0 Å². The number of rotatable bonds is 5. The van der Waals surface area contributed by atoms with E-state index in [2.05, 4.69) is 14.7 Å². The summed E-state index contributed by atoms with van der Waals surface area (Å²) >= 11 is 0. The Balaban J connectivity index is 2.29. The Morgan fingerprint density at radius 2 is 2.08 bits per heavy atom. The first kappa shape index (κ1) is 19.2. The SMILES string of the molecule is Cc1nc(C(=CN)C(=O)O)ncc1Cc1ccc(F)c(OC(F)(F)F)c1. The largest absolute Gasteiger partial charge is 0.573 e. The summed E-state index contributed by atoms with van der Waals surface area (Å²) in [6, 6.07) is 3.09. The van der Waals surface area contributed by atoms with Crippen LogP contribution in [0.4, 0.5) is 17.6 Å². The van der Waals surface area contributed by atoms with E-state index < -0.39 is 23.9 Å². The van der Waals surface area contributed by atoms with Gasteiger partial charge in [-0.1, -0.05) is 6.07 Å². The van der Waals surface area contributed by atoms with Crippen molar-refractivity contribution in [3.05, 3.63) is 59.1 Å². The smallest absolute Gasteiger partial charge is 0.477 e. The molecule has 0 spiro atoms. The molecule has 0 aliphatic heterocycles. The molecule has 0 unspecified atom stereocenters. The van der Waals surface area contributed by atoms with Crippen molar-refractivity contribution < 1.29 is 32.2 Å². The highest BCUT2D eigenvalue weighted by atomic mass is 19.4. The van der Waals surface area contributed by atoms with Crippen LogP contribution in [0.5, 0.6) is 5.75 Å². The lowest BCUT2D eigenvalue weighted by Gasteiger charge is -2.12. The molecule has 0 radical (unpaired) electrons. The Morgan fingerprint density at radius 3 is 2.62 bits per heavy atom. The predicted molar refractivity (Wildman–Crippen MR) is 82.5 cm³/mol. The molecule has 0 amide bonds. The number of carbonyl (C=O) groups is 1. The fourth-order valence-corrected chi connectivity index (χ4v) is 2.12. The Bertz CT molecular complexity index is 866. The standard InChI is InChI=1S/C16H13F4N3O3/c1-8-10(7-22-14(23-8)11(6-21)15(24)25)4-9-2-3-12(17)13(5-9)26-16(18,19)20/h2-3,5-7H,4,21H2,1H3,(H,24,25). The van der Waals surface area contributed by atoms with Crippen LogP contribution in [0.3, 0.4) is 0 Å². The molecule has 138 valence electrons. The van der Waals surface area contributed by atoms with Gasteiger partial charge >= 0.3 is 12.3 Å². The summed E-state index contributed by atoms with van der Waals surface area (Å²) in [7, 11) is 0. The van der Waals surface area contributed by atoms with E-state index in [9.17, 15) is 22.4 Å². The van der Waals surface area contributed by atoms with Gasteiger partial charge in [-0.15, -0.1) is 13.2 Å².